The Morgan fingerprint density at radius 1 is 1.50 bits per heavy atom. The maximum atomic E-state index is 11.6. The molecule has 1 unspecified atom stereocenters. The van der Waals surface area contributed by atoms with Crippen molar-refractivity contribution in [1.82, 2.24) is 4.90 Å². The Morgan fingerprint density at radius 2 is 2.20 bits per heavy atom. The van der Waals surface area contributed by atoms with Gasteiger partial charge in [-0.3, -0.25) is 4.79 Å². The molecule has 1 aromatic rings. The van der Waals surface area contributed by atoms with Crippen LogP contribution in [0.25, 0.3) is 0 Å². The van der Waals surface area contributed by atoms with Crippen LogP contribution < -0.4 is 10.3 Å². The first-order valence-corrected chi connectivity index (χ1v) is 7.22. The first-order valence-electron chi connectivity index (χ1n) is 6.17. The second-order valence-corrected chi connectivity index (χ2v) is 5.93. The molecule has 2 aliphatic rings. The van der Waals surface area contributed by atoms with Crippen molar-refractivity contribution in [3.05, 3.63) is 41.9 Å². The summed E-state index contributed by atoms with van der Waals surface area (Å²) >= 11 is 1.66. The van der Waals surface area contributed by atoms with E-state index in [0.717, 1.165) is 11.3 Å². The normalized spacial score (nSPS) is 24.8. The smallest absolute Gasteiger partial charge is 0.336 e. The van der Waals surface area contributed by atoms with Gasteiger partial charge >= 0.3 is 5.97 Å². The van der Waals surface area contributed by atoms with Gasteiger partial charge in [-0.15, -0.1) is 11.8 Å². The van der Waals surface area contributed by atoms with Crippen molar-refractivity contribution in [3.63, 3.8) is 0 Å². The van der Waals surface area contributed by atoms with Crippen molar-refractivity contribution in [2.45, 2.75) is 18.0 Å². The van der Waals surface area contributed by atoms with Crippen molar-refractivity contribution in [1.29, 1.82) is 0 Å². The van der Waals surface area contributed by atoms with Crippen LogP contribution in [0.3, 0.4) is 0 Å². The van der Waals surface area contributed by atoms with E-state index in [0.29, 0.717) is 6.54 Å². The number of aromatic carboxylic acids is 1. The molecule has 6 nitrogen and oxygen atoms in total. The lowest BCUT2D eigenvalue weighted by Crippen LogP contribution is -2.66. The van der Waals surface area contributed by atoms with E-state index < -0.39 is 5.97 Å². The topological polar surface area (TPSA) is 87.5 Å². The fourth-order valence-corrected chi connectivity index (χ4v) is 3.48. The molecular formula is C13H14N3O3S+. The number of pyridine rings is 1. The lowest BCUT2D eigenvalue weighted by Gasteiger charge is -2.45. The number of carboxylic acid groups (broad SMARTS) is 1. The lowest BCUT2D eigenvalue weighted by molar-refractivity contribution is -0.689. The van der Waals surface area contributed by atoms with Gasteiger partial charge in [0.25, 0.3) is 0 Å². The first kappa shape index (κ1) is 13.1. The van der Waals surface area contributed by atoms with Crippen molar-refractivity contribution < 1.29 is 19.3 Å². The molecule has 1 fully saturated rings. The Labute approximate surface area is 119 Å². The van der Waals surface area contributed by atoms with Crippen LogP contribution in [-0.4, -0.2) is 39.1 Å². The van der Waals surface area contributed by atoms with E-state index in [1.165, 1.54) is 0 Å². The highest BCUT2D eigenvalue weighted by Gasteiger charge is 2.46. The molecule has 2 atom stereocenters. The average Bonchev–Trinajstić information content (AvgIpc) is 2.47. The van der Waals surface area contributed by atoms with E-state index in [2.05, 4.69) is 0 Å². The Morgan fingerprint density at radius 3 is 2.85 bits per heavy atom. The Kier molecular flexibility index (Phi) is 3.23. The van der Waals surface area contributed by atoms with Gasteiger partial charge in [0.2, 0.25) is 5.91 Å². The molecule has 0 spiro atoms. The number of amides is 1. The number of β-lactam (4-membered cyclic amide) rings is 1. The van der Waals surface area contributed by atoms with Crippen LogP contribution in [0.4, 0.5) is 0 Å². The van der Waals surface area contributed by atoms with Crippen LogP contribution >= 0.6 is 11.8 Å². The molecule has 3 heterocycles. The number of nitrogens with zero attached hydrogens (tertiary/aromatic N) is 2. The monoisotopic (exact) mass is 292 g/mol. The van der Waals surface area contributed by atoms with Gasteiger partial charge in [-0.1, -0.05) is 0 Å². The minimum Gasteiger partial charge on any atom is -0.478 e. The molecule has 104 valence electrons. The second-order valence-electron chi connectivity index (χ2n) is 4.82. The molecule has 1 aromatic heterocycles. The first-order chi connectivity index (χ1) is 9.56. The zero-order valence-electron chi connectivity index (χ0n) is 10.6. The third-order valence-corrected chi connectivity index (χ3v) is 4.81. The number of fused-ring (bicyclic) bond motifs is 1. The molecule has 1 amide bonds. The summed E-state index contributed by atoms with van der Waals surface area (Å²) in [4.78, 5) is 24.0. The summed E-state index contributed by atoms with van der Waals surface area (Å²) in [6.45, 7) is 0.638. The van der Waals surface area contributed by atoms with Crippen LogP contribution in [0.2, 0.25) is 0 Å². The van der Waals surface area contributed by atoms with Gasteiger partial charge in [0.15, 0.2) is 18.9 Å². The standard InChI is InChI=1S/C13H13N3O3S/c14-10-11(17)16-6-8(7-20-12(10)16)5-15-3-1-9(2-4-15)13(18)19/h1-4,6,10,12H,5,7,14H2/p+1/t10?,12-/m1/s1. The number of thioether (sulfide) groups is 1. The number of carboxylic acids is 1. The molecule has 0 saturated carbocycles. The number of carbonyl (C=O) groups excluding carboxylic acids is 1. The minimum absolute atomic E-state index is 0.0362. The fraction of sp³-hybridized carbons (Fsp3) is 0.308. The van der Waals surface area contributed by atoms with Crippen LogP contribution in [0, 0.1) is 0 Å². The van der Waals surface area contributed by atoms with Crippen LogP contribution in [0.15, 0.2) is 36.3 Å². The molecule has 1 saturated heterocycles. The predicted molar refractivity (Wildman–Crippen MR) is 72.7 cm³/mol. The van der Waals surface area contributed by atoms with Gasteiger partial charge in [-0.05, 0) is 0 Å². The summed E-state index contributed by atoms with van der Waals surface area (Å²) in [6, 6.07) is 2.75. The Hall–Kier alpha value is -1.86. The highest BCUT2D eigenvalue weighted by molar-refractivity contribution is 8.00. The number of rotatable bonds is 3. The van der Waals surface area contributed by atoms with Gasteiger partial charge in [0.05, 0.1) is 5.56 Å². The quantitative estimate of drug-likeness (QED) is 0.595. The molecule has 0 bridgehead atoms. The molecule has 0 aliphatic carbocycles. The number of hydrogen-bond acceptors (Lipinski definition) is 4. The van der Waals surface area contributed by atoms with Gasteiger partial charge in [0.1, 0.15) is 11.4 Å². The maximum Gasteiger partial charge on any atom is 0.336 e. The van der Waals surface area contributed by atoms with E-state index >= 15 is 0 Å². The Balaban J connectivity index is 1.71. The zero-order valence-corrected chi connectivity index (χ0v) is 11.4. The van der Waals surface area contributed by atoms with Crippen LogP contribution in [0.1, 0.15) is 10.4 Å². The summed E-state index contributed by atoms with van der Waals surface area (Å²) in [5.41, 5.74) is 7.09. The average molecular weight is 292 g/mol. The van der Waals surface area contributed by atoms with E-state index in [9.17, 15) is 9.59 Å². The van der Waals surface area contributed by atoms with Crippen molar-refractivity contribution >= 4 is 23.6 Å². The van der Waals surface area contributed by atoms with E-state index in [-0.39, 0.29) is 22.9 Å². The molecule has 7 heteroatoms. The maximum absolute atomic E-state index is 11.6. The summed E-state index contributed by atoms with van der Waals surface area (Å²) in [5, 5.41) is 8.92. The molecule has 3 N–H and O–H groups in total. The van der Waals surface area contributed by atoms with Gasteiger partial charge in [0, 0.05) is 29.7 Å². The molecule has 3 rings (SSSR count). The summed E-state index contributed by atoms with van der Waals surface area (Å²) in [5.74, 6) is -0.144. The molecule has 2 aliphatic heterocycles. The highest BCUT2D eigenvalue weighted by atomic mass is 32.2. The van der Waals surface area contributed by atoms with E-state index in [1.54, 1.807) is 41.2 Å². The lowest BCUT2D eigenvalue weighted by atomic mass is 10.1. The molecular weight excluding hydrogens is 278 g/mol. The predicted octanol–water partition coefficient (Wildman–Crippen LogP) is -0.201. The van der Waals surface area contributed by atoms with Gasteiger partial charge in [-0.25, -0.2) is 9.36 Å². The Bertz CT molecular complexity index is 599. The fourth-order valence-electron chi connectivity index (χ4n) is 2.28. The minimum atomic E-state index is -0.937. The van der Waals surface area contributed by atoms with Gasteiger partial charge < -0.3 is 15.7 Å². The summed E-state index contributed by atoms with van der Waals surface area (Å²) < 4.78 is 1.89. The summed E-state index contributed by atoms with van der Waals surface area (Å²) in [6.07, 6.45) is 5.32. The van der Waals surface area contributed by atoms with Gasteiger partial charge in [-0.2, -0.15) is 0 Å². The number of hydrogen-bond donors (Lipinski definition) is 2. The third-order valence-electron chi connectivity index (χ3n) is 3.41. The van der Waals surface area contributed by atoms with E-state index in [1.807, 2.05) is 10.8 Å². The SMILES string of the molecule is NC1C(=O)N2C=C(C[n+]3ccc(C(=O)O)cc3)CS[C@H]12. The second kappa shape index (κ2) is 4.92. The number of carbonyl (C=O) groups is 2. The van der Waals surface area contributed by atoms with Crippen molar-refractivity contribution in [2.24, 2.45) is 5.73 Å². The van der Waals surface area contributed by atoms with Crippen LogP contribution in [-0.2, 0) is 11.3 Å². The van der Waals surface area contributed by atoms with Crippen LogP contribution in [0.5, 0.6) is 0 Å². The zero-order chi connectivity index (χ0) is 14.3. The molecule has 20 heavy (non-hydrogen) atoms. The van der Waals surface area contributed by atoms with E-state index in [4.69, 9.17) is 10.8 Å². The highest BCUT2D eigenvalue weighted by Crippen LogP contribution is 2.34. The van der Waals surface area contributed by atoms with Crippen molar-refractivity contribution in [2.75, 3.05) is 5.75 Å². The number of nitrogens with two attached hydrogens (primary N) is 1. The summed E-state index contributed by atoms with van der Waals surface area (Å²) in [7, 11) is 0. The largest absolute Gasteiger partial charge is 0.478 e. The third kappa shape index (κ3) is 2.19. The number of aromatic nitrogens is 1. The molecule has 0 aromatic carbocycles. The molecule has 0 radical (unpaired) electrons. The van der Waals surface area contributed by atoms with Crippen molar-refractivity contribution in [3.8, 4) is 0 Å².